The van der Waals surface area contributed by atoms with Gasteiger partial charge in [-0.15, -0.1) is 5.10 Å². The molecule has 6 heteroatoms. The monoisotopic (exact) mass is 358 g/mol. The second-order valence-electron chi connectivity index (χ2n) is 6.79. The Morgan fingerprint density at radius 3 is 2.56 bits per heavy atom. The molecule has 0 unspecified atom stereocenters. The normalized spacial score (nSPS) is 17.0. The smallest absolute Gasteiger partial charge is 0.233 e. The Morgan fingerprint density at radius 2 is 1.88 bits per heavy atom. The van der Waals surface area contributed by atoms with Crippen LogP contribution >= 0.6 is 11.8 Å². The fourth-order valence-electron chi connectivity index (χ4n) is 3.09. The average molecular weight is 359 g/mol. The molecule has 1 aromatic carbocycles. The Bertz CT molecular complexity index is 690. The Kier molecular flexibility index (Phi) is 6.13. The topological polar surface area (TPSA) is 70.7 Å². The summed E-state index contributed by atoms with van der Waals surface area (Å²) in [5, 5.41) is 10.8. The average Bonchev–Trinajstić information content (AvgIpc) is 2.91. The van der Waals surface area contributed by atoms with Crippen LogP contribution in [0.5, 0.6) is 0 Å². The van der Waals surface area contributed by atoms with Gasteiger partial charge in [-0.25, -0.2) is 4.98 Å². The Labute approximate surface area is 153 Å². The van der Waals surface area contributed by atoms with Crippen LogP contribution in [0, 0.1) is 6.92 Å². The van der Waals surface area contributed by atoms with E-state index in [2.05, 4.69) is 27.4 Å². The fraction of sp³-hybridized carbons (Fsp3) is 0.526. The lowest BCUT2D eigenvalue weighted by Gasteiger charge is -2.18. The van der Waals surface area contributed by atoms with Crippen LogP contribution in [0.2, 0.25) is 0 Å². The molecule has 0 aliphatic heterocycles. The van der Waals surface area contributed by atoms with E-state index < -0.39 is 0 Å². The van der Waals surface area contributed by atoms with Gasteiger partial charge in [0.2, 0.25) is 11.1 Å². The molecule has 1 aliphatic carbocycles. The molecule has 1 aromatic heterocycles. The third-order valence-corrected chi connectivity index (χ3v) is 5.60. The van der Waals surface area contributed by atoms with Gasteiger partial charge in [-0.05, 0) is 26.7 Å². The third-order valence-electron chi connectivity index (χ3n) is 4.64. The van der Waals surface area contributed by atoms with E-state index >= 15 is 0 Å². The molecule has 2 N–H and O–H groups in total. The minimum Gasteiger partial charge on any atom is -0.352 e. The number of nitrogens with zero attached hydrogens (tertiary/aromatic N) is 2. The quantitative estimate of drug-likeness (QED) is 0.623. The molecule has 1 fully saturated rings. The molecule has 0 saturated heterocycles. The van der Waals surface area contributed by atoms with E-state index in [0.717, 1.165) is 24.2 Å². The number of hydrogen-bond acceptors (Lipinski definition) is 4. The number of nitrogens with one attached hydrogen (secondary N) is 2. The molecule has 0 spiro atoms. The lowest BCUT2D eigenvalue weighted by molar-refractivity contribution is -0.121. The first-order valence-electron chi connectivity index (χ1n) is 9.08. The predicted molar refractivity (Wildman–Crippen MR) is 102 cm³/mol. The number of hydrogen-bond donors (Lipinski definition) is 2. The highest BCUT2D eigenvalue weighted by atomic mass is 32.2. The number of aryl methyl sites for hydroxylation is 1. The molecule has 0 radical (unpaired) electrons. The summed E-state index contributed by atoms with van der Waals surface area (Å²) in [7, 11) is 0. The summed E-state index contributed by atoms with van der Waals surface area (Å²) in [5.74, 6) is 0.817. The van der Waals surface area contributed by atoms with Gasteiger partial charge in [0.05, 0.1) is 5.25 Å². The predicted octanol–water partition coefficient (Wildman–Crippen LogP) is 4.10. The van der Waals surface area contributed by atoms with Crippen LogP contribution in [-0.2, 0) is 4.79 Å². The summed E-state index contributed by atoms with van der Waals surface area (Å²) in [5.41, 5.74) is 2.21. The fourth-order valence-corrected chi connectivity index (χ4v) is 3.83. The van der Waals surface area contributed by atoms with Crippen LogP contribution in [0.15, 0.2) is 29.4 Å². The summed E-state index contributed by atoms with van der Waals surface area (Å²) >= 11 is 1.40. The van der Waals surface area contributed by atoms with Crippen LogP contribution in [-0.4, -0.2) is 32.4 Å². The van der Waals surface area contributed by atoms with E-state index in [0.29, 0.717) is 11.2 Å². The van der Waals surface area contributed by atoms with Gasteiger partial charge in [0.25, 0.3) is 0 Å². The molecule has 1 saturated carbocycles. The Balaban J connectivity index is 1.56. The van der Waals surface area contributed by atoms with Gasteiger partial charge in [0.15, 0.2) is 5.82 Å². The van der Waals surface area contributed by atoms with Gasteiger partial charge < -0.3 is 5.32 Å². The highest BCUT2D eigenvalue weighted by molar-refractivity contribution is 8.00. The lowest BCUT2D eigenvalue weighted by atomic mass is 10.1. The zero-order chi connectivity index (χ0) is 17.6. The van der Waals surface area contributed by atoms with Gasteiger partial charge >= 0.3 is 0 Å². The minimum atomic E-state index is -0.204. The van der Waals surface area contributed by atoms with Crippen LogP contribution in [0.3, 0.4) is 0 Å². The molecular formula is C19H26N4OS. The van der Waals surface area contributed by atoms with E-state index in [9.17, 15) is 4.79 Å². The summed E-state index contributed by atoms with van der Waals surface area (Å²) in [6.45, 7) is 3.97. The van der Waals surface area contributed by atoms with E-state index in [1.165, 1.54) is 43.0 Å². The molecule has 1 amide bonds. The maximum absolute atomic E-state index is 12.4. The zero-order valence-corrected chi connectivity index (χ0v) is 15.7. The van der Waals surface area contributed by atoms with Gasteiger partial charge in [-0.2, -0.15) is 0 Å². The number of thioether (sulfide) groups is 1. The maximum atomic E-state index is 12.4. The van der Waals surface area contributed by atoms with Crippen molar-refractivity contribution in [3.63, 3.8) is 0 Å². The molecule has 2 aromatic rings. The summed E-state index contributed by atoms with van der Waals surface area (Å²) in [6, 6.07) is 8.47. The van der Waals surface area contributed by atoms with Crippen molar-refractivity contribution in [1.29, 1.82) is 0 Å². The number of rotatable bonds is 5. The van der Waals surface area contributed by atoms with Crippen molar-refractivity contribution in [1.82, 2.24) is 20.5 Å². The van der Waals surface area contributed by atoms with Crippen LogP contribution in [0.25, 0.3) is 11.4 Å². The van der Waals surface area contributed by atoms with E-state index in [1.54, 1.807) is 0 Å². The first-order valence-corrected chi connectivity index (χ1v) is 9.96. The van der Waals surface area contributed by atoms with Crippen LogP contribution in [0.4, 0.5) is 0 Å². The molecule has 3 rings (SSSR count). The maximum Gasteiger partial charge on any atom is 0.233 e. The van der Waals surface area contributed by atoms with Crippen molar-refractivity contribution < 1.29 is 4.79 Å². The third kappa shape index (κ3) is 5.08. The van der Waals surface area contributed by atoms with E-state index in [1.807, 2.05) is 31.2 Å². The van der Waals surface area contributed by atoms with Crippen molar-refractivity contribution in [3.05, 3.63) is 29.8 Å². The van der Waals surface area contributed by atoms with Gasteiger partial charge in [-0.1, -0.05) is 67.3 Å². The number of H-pyrrole nitrogens is 1. The lowest BCUT2D eigenvalue weighted by Crippen LogP contribution is -2.39. The van der Waals surface area contributed by atoms with E-state index in [-0.39, 0.29) is 11.2 Å². The highest BCUT2D eigenvalue weighted by Gasteiger charge is 2.21. The van der Waals surface area contributed by atoms with Crippen molar-refractivity contribution in [2.75, 3.05) is 0 Å². The second kappa shape index (κ2) is 8.52. The Hall–Kier alpha value is -1.82. The molecule has 25 heavy (non-hydrogen) atoms. The van der Waals surface area contributed by atoms with Crippen LogP contribution < -0.4 is 5.32 Å². The summed E-state index contributed by atoms with van der Waals surface area (Å²) < 4.78 is 0. The largest absolute Gasteiger partial charge is 0.352 e. The number of aromatic amines is 1. The number of amides is 1. The molecule has 5 nitrogen and oxygen atoms in total. The molecule has 0 bridgehead atoms. The van der Waals surface area contributed by atoms with Gasteiger partial charge in [0, 0.05) is 11.6 Å². The highest BCUT2D eigenvalue weighted by Crippen LogP contribution is 2.24. The molecule has 1 heterocycles. The molecular weight excluding hydrogens is 332 g/mol. The zero-order valence-electron chi connectivity index (χ0n) is 14.9. The molecule has 134 valence electrons. The molecule has 1 atom stereocenters. The number of benzene rings is 1. The first kappa shape index (κ1) is 18.0. The second-order valence-corrected chi connectivity index (χ2v) is 8.10. The van der Waals surface area contributed by atoms with Crippen molar-refractivity contribution in [3.8, 4) is 11.4 Å². The first-order chi connectivity index (χ1) is 12.1. The van der Waals surface area contributed by atoms with Crippen LogP contribution in [0.1, 0.15) is 51.0 Å². The number of carbonyl (C=O) groups excluding carboxylic acids is 1. The van der Waals surface area contributed by atoms with Crippen molar-refractivity contribution >= 4 is 17.7 Å². The standard InChI is InChI=1S/C19H26N4OS/c1-13-9-11-15(12-10-13)17-21-19(23-22-17)25-14(2)18(24)20-16-7-5-3-4-6-8-16/h9-12,14,16H,3-8H2,1-2H3,(H,20,24)(H,21,22,23)/t14-/m0/s1. The number of carbonyl (C=O) groups is 1. The SMILES string of the molecule is Cc1ccc(-c2nc(S[C@@H](C)C(=O)NC3CCCCCC3)n[nH]2)cc1. The van der Waals surface area contributed by atoms with E-state index in [4.69, 9.17) is 0 Å². The Morgan fingerprint density at radius 1 is 1.20 bits per heavy atom. The summed E-state index contributed by atoms with van der Waals surface area (Å²) in [6.07, 6.45) is 7.20. The van der Waals surface area contributed by atoms with Gasteiger partial charge in [-0.3, -0.25) is 9.89 Å². The van der Waals surface area contributed by atoms with Gasteiger partial charge in [0.1, 0.15) is 0 Å². The van der Waals surface area contributed by atoms with Crippen molar-refractivity contribution in [2.45, 2.75) is 68.8 Å². The summed E-state index contributed by atoms with van der Waals surface area (Å²) in [4.78, 5) is 17.0. The minimum absolute atomic E-state index is 0.0820. The molecule has 1 aliphatic rings. The van der Waals surface area contributed by atoms with Crippen molar-refractivity contribution in [2.24, 2.45) is 0 Å². The number of aromatic nitrogens is 3.